The minimum absolute atomic E-state index is 0.160. The fourth-order valence-corrected chi connectivity index (χ4v) is 2.09. The molecule has 0 aliphatic carbocycles. The molecule has 0 aromatic rings. The number of carbonyl (C=O) groups is 2. The van der Waals surface area contributed by atoms with Crippen LogP contribution in [0, 0.1) is 5.41 Å². The van der Waals surface area contributed by atoms with Crippen LogP contribution < -0.4 is 10.6 Å². The molecule has 1 atom stereocenters. The molecule has 0 aromatic heterocycles. The van der Waals surface area contributed by atoms with Crippen LogP contribution in [0.5, 0.6) is 0 Å². The van der Waals surface area contributed by atoms with Crippen molar-refractivity contribution in [2.24, 2.45) is 5.41 Å². The van der Waals surface area contributed by atoms with Crippen LogP contribution in [0.4, 0.5) is 4.79 Å². The Morgan fingerprint density at radius 3 is 2.11 bits per heavy atom. The number of hydrogen-bond acceptors (Lipinski definition) is 2. The van der Waals surface area contributed by atoms with Crippen molar-refractivity contribution in [3.8, 4) is 0 Å². The number of aliphatic carboxylic acids is 1. The molecule has 0 spiro atoms. The lowest BCUT2D eigenvalue weighted by atomic mass is 9.82. The van der Waals surface area contributed by atoms with Crippen LogP contribution in [0.2, 0.25) is 0 Å². The van der Waals surface area contributed by atoms with Crippen molar-refractivity contribution < 1.29 is 14.7 Å². The number of rotatable bonds is 9. The normalized spacial score (nSPS) is 12.8. The van der Waals surface area contributed by atoms with Crippen molar-refractivity contribution in [2.75, 3.05) is 6.54 Å². The second kappa shape index (κ2) is 8.77. The monoisotopic (exact) mass is 272 g/mol. The summed E-state index contributed by atoms with van der Waals surface area (Å²) >= 11 is 0. The van der Waals surface area contributed by atoms with Gasteiger partial charge in [0.25, 0.3) is 0 Å². The summed E-state index contributed by atoms with van der Waals surface area (Å²) in [5, 5.41) is 14.9. The molecular formula is C14H28N2O3. The molecule has 2 amide bonds. The number of amides is 2. The third-order valence-electron chi connectivity index (χ3n) is 3.86. The molecular weight excluding hydrogens is 244 g/mol. The van der Waals surface area contributed by atoms with Gasteiger partial charge in [0.2, 0.25) is 0 Å². The molecule has 5 nitrogen and oxygen atoms in total. The smallest absolute Gasteiger partial charge is 0.315 e. The lowest BCUT2D eigenvalue weighted by Gasteiger charge is -2.27. The van der Waals surface area contributed by atoms with Crippen LogP contribution in [0.25, 0.3) is 0 Å². The second-order valence-corrected chi connectivity index (χ2v) is 5.01. The lowest BCUT2D eigenvalue weighted by molar-refractivity contribution is -0.149. The van der Waals surface area contributed by atoms with Crippen molar-refractivity contribution in [1.29, 1.82) is 0 Å². The fraction of sp³-hybridized carbons (Fsp3) is 0.857. The van der Waals surface area contributed by atoms with E-state index < -0.39 is 11.4 Å². The predicted octanol–water partition coefficient (Wildman–Crippen LogP) is 2.76. The van der Waals surface area contributed by atoms with Gasteiger partial charge >= 0.3 is 12.0 Å². The van der Waals surface area contributed by atoms with Gasteiger partial charge in [-0.2, -0.15) is 0 Å². The van der Waals surface area contributed by atoms with Crippen molar-refractivity contribution in [2.45, 2.75) is 65.8 Å². The largest absolute Gasteiger partial charge is 0.481 e. The Hall–Kier alpha value is -1.26. The minimum atomic E-state index is -0.857. The summed E-state index contributed by atoms with van der Waals surface area (Å²) in [6, 6.07) is -0.111. The lowest BCUT2D eigenvalue weighted by Crippen LogP contribution is -2.48. The van der Waals surface area contributed by atoms with E-state index in [9.17, 15) is 14.7 Å². The van der Waals surface area contributed by atoms with Crippen LogP contribution in [0.15, 0.2) is 0 Å². The van der Waals surface area contributed by atoms with Gasteiger partial charge in [0.1, 0.15) is 0 Å². The van der Waals surface area contributed by atoms with E-state index >= 15 is 0 Å². The highest BCUT2D eigenvalue weighted by Crippen LogP contribution is 2.25. The number of carboxylic acid groups (broad SMARTS) is 1. The topological polar surface area (TPSA) is 78.4 Å². The highest BCUT2D eigenvalue weighted by atomic mass is 16.4. The Morgan fingerprint density at radius 2 is 1.74 bits per heavy atom. The van der Waals surface area contributed by atoms with Crippen molar-refractivity contribution in [3.63, 3.8) is 0 Å². The zero-order chi connectivity index (χ0) is 14.9. The predicted molar refractivity (Wildman–Crippen MR) is 76.2 cm³/mol. The number of hydrogen-bond donors (Lipinski definition) is 3. The van der Waals surface area contributed by atoms with Gasteiger partial charge in [0.15, 0.2) is 0 Å². The Bertz CT molecular complexity index is 288. The van der Waals surface area contributed by atoms with E-state index in [2.05, 4.69) is 17.6 Å². The minimum Gasteiger partial charge on any atom is -0.481 e. The second-order valence-electron chi connectivity index (χ2n) is 5.01. The number of carboxylic acids is 1. The first-order chi connectivity index (χ1) is 8.95. The molecule has 5 heteroatoms. The Balaban J connectivity index is 4.37. The maximum Gasteiger partial charge on any atom is 0.315 e. The van der Waals surface area contributed by atoms with Gasteiger partial charge in [-0.3, -0.25) is 4.79 Å². The maximum absolute atomic E-state index is 11.8. The molecule has 1 unspecified atom stereocenters. The third kappa shape index (κ3) is 5.49. The summed E-state index contributed by atoms with van der Waals surface area (Å²) in [6.45, 7) is 7.95. The van der Waals surface area contributed by atoms with Crippen molar-refractivity contribution in [3.05, 3.63) is 0 Å². The van der Waals surface area contributed by atoms with Crippen LogP contribution in [0.1, 0.15) is 59.8 Å². The van der Waals surface area contributed by atoms with Crippen LogP contribution in [-0.2, 0) is 4.79 Å². The van der Waals surface area contributed by atoms with Gasteiger partial charge in [-0.1, -0.05) is 34.1 Å². The molecule has 19 heavy (non-hydrogen) atoms. The number of urea groups is 1. The average molecular weight is 272 g/mol. The third-order valence-corrected chi connectivity index (χ3v) is 3.86. The molecule has 0 radical (unpaired) electrons. The molecule has 0 aromatic carbocycles. The van der Waals surface area contributed by atoms with Gasteiger partial charge in [-0.25, -0.2) is 4.79 Å². The molecule has 3 N–H and O–H groups in total. The maximum atomic E-state index is 11.8. The van der Waals surface area contributed by atoms with E-state index in [0.717, 1.165) is 19.3 Å². The summed E-state index contributed by atoms with van der Waals surface area (Å²) in [5.41, 5.74) is -0.857. The first kappa shape index (κ1) is 17.7. The summed E-state index contributed by atoms with van der Waals surface area (Å²) in [6.07, 6.45) is 3.85. The summed E-state index contributed by atoms with van der Waals surface area (Å²) in [4.78, 5) is 23.1. The van der Waals surface area contributed by atoms with Gasteiger partial charge in [-0.15, -0.1) is 0 Å². The summed E-state index contributed by atoms with van der Waals surface area (Å²) < 4.78 is 0. The van der Waals surface area contributed by atoms with Crippen LogP contribution in [0.3, 0.4) is 0 Å². The Kier molecular flexibility index (Phi) is 8.19. The quantitative estimate of drug-likeness (QED) is 0.604. The highest BCUT2D eigenvalue weighted by Gasteiger charge is 2.35. The SMILES string of the molecule is CCCC(CC)NC(=O)NCC(CC)(CC)C(=O)O. The van der Waals surface area contributed by atoms with Crippen LogP contribution in [-0.4, -0.2) is 29.7 Å². The molecule has 0 fully saturated rings. The van der Waals surface area contributed by atoms with E-state index in [1.54, 1.807) is 0 Å². The van der Waals surface area contributed by atoms with E-state index in [-0.39, 0.29) is 18.6 Å². The zero-order valence-corrected chi connectivity index (χ0v) is 12.6. The number of nitrogens with one attached hydrogen (secondary N) is 2. The van der Waals surface area contributed by atoms with E-state index in [4.69, 9.17) is 0 Å². The van der Waals surface area contributed by atoms with E-state index in [1.807, 2.05) is 20.8 Å². The van der Waals surface area contributed by atoms with E-state index in [1.165, 1.54) is 0 Å². The summed E-state index contributed by atoms with van der Waals surface area (Å²) in [5.74, 6) is -0.849. The molecule has 0 saturated heterocycles. The molecule has 0 heterocycles. The average Bonchev–Trinajstić information content (AvgIpc) is 2.39. The molecule has 0 aliphatic heterocycles. The van der Waals surface area contributed by atoms with E-state index in [0.29, 0.717) is 12.8 Å². The van der Waals surface area contributed by atoms with Gasteiger partial charge in [0, 0.05) is 12.6 Å². The molecule has 0 saturated carbocycles. The Morgan fingerprint density at radius 1 is 1.16 bits per heavy atom. The van der Waals surface area contributed by atoms with Crippen LogP contribution >= 0.6 is 0 Å². The molecule has 0 aliphatic rings. The highest BCUT2D eigenvalue weighted by molar-refractivity contribution is 5.78. The molecule has 0 bridgehead atoms. The summed E-state index contributed by atoms with van der Waals surface area (Å²) in [7, 11) is 0. The molecule has 112 valence electrons. The first-order valence-corrected chi connectivity index (χ1v) is 7.23. The standard InChI is InChI=1S/C14H28N2O3/c1-5-9-11(6-2)16-13(19)15-10-14(7-3,8-4)12(17)18/h11H,5-10H2,1-4H3,(H,17,18)(H2,15,16,19). The number of carbonyl (C=O) groups excluding carboxylic acids is 1. The molecule has 0 rings (SSSR count). The van der Waals surface area contributed by atoms with Crippen molar-refractivity contribution >= 4 is 12.0 Å². The first-order valence-electron chi connectivity index (χ1n) is 7.23. The van der Waals surface area contributed by atoms with Gasteiger partial charge in [-0.05, 0) is 25.7 Å². The van der Waals surface area contributed by atoms with Crippen molar-refractivity contribution in [1.82, 2.24) is 10.6 Å². The Labute approximate surface area is 116 Å². The zero-order valence-electron chi connectivity index (χ0n) is 12.6. The van der Waals surface area contributed by atoms with Gasteiger partial charge < -0.3 is 15.7 Å². The fourth-order valence-electron chi connectivity index (χ4n) is 2.09. The van der Waals surface area contributed by atoms with Gasteiger partial charge in [0.05, 0.1) is 5.41 Å².